The van der Waals surface area contributed by atoms with Gasteiger partial charge in [-0.15, -0.1) is 0 Å². The van der Waals surface area contributed by atoms with Gasteiger partial charge in [-0.05, 0) is 47.1 Å². The highest BCUT2D eigenvalue weighted by atomic mass is 16.3. The van der Waals surface area contributed by atoms with Crippen molar-refractivity contribution < 1.29 is 24.3 Å². The molecule has 0 saturated carbocycles. The summed E-state index contributed by atoms with van der Waals surface area (Å²) in [7, 11) is 1.41. The topological polar surface area (TPSA) is 165 Å². The number of aromatic nitrogens is 2. The summed E-state index contributed by atoms with van der Waals surface area (Å²) in [5.74, 6) is -2.67. The molecule has 0 aliphatic carbocycles. The van der Waals surface area contributed by atoms with Crippen molar-refractivity contribution in [3.05, 3.63) is 102 Å². The second kappa shape index (κ2) is 17.8. The smallest absolute Gasteiger partial charge is 0.250 e. The van der Waals surface area contributed by atoms with Crippen molar-refractivity contribution in [1.82, 2.24) is 31.2 Å². The Bertz CT molecular complexity index is 1640. The van der Waals surface area contributed by atoms with Crippen LogP contribution in [0.1, 0.15) is 43.5 Å². The molecular weight excluding hydrogens is 608 g/mol. The standard InChI is InChI=1S/C37H46N6O5/c1-24(2)18-31(34(45)37(48)38-3)42-36(47)32(21-29-22-39-23-41-29)43-35(46)28(19-27-14-9-13-26-12-7-8-15-30(26)27)20-33(44)40-17-16-25-10-5-4-6-11-25/h4-15,22-24,28,31-32,34,45H,16-21H2,1-3H3,(H,38,48)(H,39,41)(H,40,44)(H,42,47)(H,43,46)/t28?,31-,32-,34?/m0/s1. The Labute approximate surface area is 281 Å². The molecule has 4 aromatic rings. The summed E-state index contributed by atoms with van der Waals surface area (Å²) < 4.78 is 0. The van der Waals surface area contributed by atoms with Crippen molar-refractivity contribution in [1.29, 1.82) is 0 Å². The fourth-order valence-electron chi connectivity index (χ4n) is 5.78. The van der Waals surface area contributed by atoms with Crippen LogP contribution < -0.4 is 21.3 Å². The number of carbonyl (C=O) groups is 4. The van der Waals surface area contributed by atoms with Gasteiger partial charge in [0.25, 0.3) is 5.91 Å². The van der Waals surface area contributed by atoms with E-state index in [4.69, 9.17) is 0 Å². The predicted octanol–water partition coefficient (Wildman–Crippen LogP) is 2.84. The minimum absolute atomic E-state index is 0.0562. The van der Waals surface area contributed by atoms with Crippen LogP contribution >= 0.6 is 0 Å². The molecule has 11 nitrogen and oxygen atoms in total. The third kappa shape index (κ3) is 10.5. The molecule has 6 N–H and O–H groups in total. The molecule has 0 aliphatic rings. The number of rotatable bonds is 17. The normalized spacial score (nSPS) is 13.7. The lowest BCUT2D eigenvalue weighted by molar-refractivity contribution is -0.135. The number of hydrogen-bond acceptors (Lipinski definition) is 6. The largest absolute Gasteiger partial charge is 0.381 e. The number of imidazole rings is 1. The summed E-state index contributed by atoms with van der Waals surface area (Å²) in [6, 6.07) is 21.6. The van der Waals surface area contributed by atoms with E-state index in [1.807, 2.05) is 86.6 Å². The van der Waals surface area contributed by atoms with Crippen molar-refractivity contribution in [2.45, 2.75) is 64.1 Å². The zero-order valence-electron chi connectivity index (χ0n) is 27.7. The average molecular weight is 655 g/mol. The predicted molar refractivity (Wildman–Crippen MR) is 185 cm³/mol. The molecule has 254 valence electrons. The third-order valence-electron chi connectivity index (χ3n) is 8.29. The number of H-pyrrole nitrogens is 1. The van der Waals surface area contributed by atoms with Crippen LogP contribution in [0.15, 0.2) is 85.3 Å². The second-order valence-electron chi connectivity index (χ2n) is 12.5. The van der Waals surface area contributed by atoms with Gasteiger partial charge < -0.3 is 31.4 Å². The number of fused-ring (bicyclic) bond motifs is 1. The van der Waals surface area contributed by atoms with Gasteiger partial charge in [-0.3, -0.25) is 19.2 Å². The number of hydrogen-bond donors (Lipinski definition) is 6. The Balaban J connectivity index is 1.56. The Morgan fingerprint density at radius 3 is 2.29 bits per heavy atom. The van der Waals surface area contributed by atoms with Gasteiger partial charge in [0.2, 0.25) is 17.7 Å². The molecule has 1 heterocycles. The van der Waals surface area contributed by atoms with Crippen molar-refractivity contribution in [2.24, 2.45) is 11.8 Å². The lowest BCUT2D eigenvalue weighted by atomic mass is 9.91. The van der Waals surface area contributed by atoms with Crippen LogP contribution in [0.2, 0.25) is 0 Å². The van der Waals surface area contributed by atoms with E-state index >= 15 is 0 Å². The van der Waals surface area contributed by atoms with Crippen molar-refractivity contribution >= 4 is 34.4 Å². The molecule has 0 aliphatic heterocycles. The van der Waals surface area contributed by atoms with Gasteiger partial charge in [-0.1, -0.05) is 86.6 Å². The van der Waals surface area contributed by atoms with E-state index in [1.54, 1.807) is 6.20 Å². The molecule has 4 rings (SSSR count). The molecule has 0 fully saturated rings. The number of nitrogens with zero attached hydrogens (tertiary/aromatic N) is 1. The van der Waals surface area contributed by atoms with Crippen LogP contribution in [0.5, 0.6) is 0 Å². The molecule has 4 amide bonds. The maximum Gasteiger partial charge on any atom is 0.250 e. The Morgan fingerprint density at radius 2 is 1.58 bits per heavy atom. The molecule has 48 heavy (non-hydrogen) atoms. The SMILES string of the molecule is CNC(=O)C(O)[C@H](CC(C)C)NC(=O)[C@H](Cc1cnc[nH]1)NC(=O)C(CC(=O)NCCc1ccccc1)Cc1cccc2ccccc12. The number of aliphatic hydroxyl groups is 1. The summed E-state index contributed by atoms with van der Waals surface area (Å²) in [5.41, 5.74) is 2.60. The van der Waals surface area contributed by atoms with Crippen LogP contribution in [-0.4, -0.2) is 70.5 Å². The monoisotopic (exact) mass is 654 g/mol. The third-order valence-corrected chi connectivity index (χ3v) is 8.29. The molecular formula is C37H46N6O5. The zero-order valence-corrected chi connectivity index (χ0v) is 27.7. The first-order chi connectivity index (χ1) is 23.1. The average Bonchev–Trinajstić information content (AvgIpc) is 3.60. The Morgan fingerprint density at radius 1 is 0.854 bits per heavy atom. The first kappa shape index (κ1) is 35.8. The summed E-state index contributed by atoms with van der Waals surface area (Å²) in [6.45, 7) is 4.26. The van der Waals surface area contributed by atoms with E-state index < -0.39 is 41.8 Å². The number of nitrogens with one attached hydrogen (secondary N) is 5. The van der Waals surface area contributed by atoms with Crippen LogP contribution in [-0.2, 0) is 38.4 Å². The zero-order chi connectivity index (χ0) is 34.5. The Hall–Kier alpha value is -5.03. The van der Waals surface area contributed by atoms with Gasteiger partial charge in [0.05, 0.1) is 18.3 Å². The lowest BCUT2D eigenvalue weighted by Gasteiger charge is -2.28. The van der Waals surface area contributed by atoms with E-state index in [2.05, 4.69) is 31.2 Å². The van der Waals surface area contributed by atoms with E-state index in [1.165, 1.54) is 13.4 Å². The van der Waals surface area contributed by atoms with Crippen LogP contribution in [0.25, 0.3) is 10.8 Å². The summed E-state index contributed by atoms with van der Waals surface area (Å²) in [4.78, 5) is 60.4. The molecule has 0 spiro atoms. The Kier molecular flexibility index (Phi) is 13.3. The van der Waals surface area contributed by atoms with E-state index in [0.29, 0.717) is 25.1 Å². The van der Waals surface area contributed by atoms with Gasteiger partial charge in [-0.2, -0.15) is 0 Å². The fraction of sp³-hybridized carbons (Fsp3) is 0.378. The highest BCUT2D eigenvalue weighted by molar-refractivity contribution is 5.92. The number of likely N-dealkylation sites (N-methyl/N-ethyl adjacent to an activating group) is 1. The van der Waals surface area contributed by atoms with E-state index in [9.17, 15) is 24.3 Å². The number of aromatic amines is 1. The number of carbonyl (C=O) groups excluding carboxylic acids is 4. The van der Waals surface area contributed by atoms with Gasteiger partial charge in [-0.25, -0.2) is 4.98 Å². The lowest BCUT2D eigenvalue weighted by Crippen LogP contribution is -2.56. The first-order valence-electron chi connectivity index (χ1n) is 16.4. The highest BCUT2D eigenvalue weighted by Crippen LogP contribution is 2.23. The molecule has 0 bridgehead atoms. The van der Waals surface area contributed by atoms with Crippen molar-refractivity contribution in [2.75, 3.05) is 13.6 Å². The molecule has 2 unspecified atom stereocenters. The maximum absolute atomic E-state index is 14.1. The molecule has 11 heteroatoms. The summed E-state index contributed by atoms with van der Waals surface area (Å²) >= 11 is 0. The quantitative estimate of drug-likeness (QED) is 0.103. The van der Waals surface area contributed by atoms with Gasteiger partial charge in [0, 0.05) is 38.3 Å². The molecule has 1 aromatic heterocycles. The van der Waals surface area contributed by atoms with Gasteiger partial charge >= 0.3 is 0 Å². The maximum atomic E-state index is 14.1. The summed E-state index contributed by atoms with van der Waals surface area (Å²) in [5, 5.41) is 23.8. The van der Waals surface area contributed by atoms with Crippen LogP contribution in [0.3, 0.4) is 0 Å². The minimum Gasteiger partial charge on any atom is -0.381 e. The fourth-order valence-corrected chi connectivity index (χ4v) is 5.78. The molecule has 0 saturated heterocycles. The van der Waals surface area contributed by atoms with Crippen molar-refractivity contribution in [3.8, 4) is 0 Å². The molecule has 4 atom stereocenters. The van der Waals surface area contributed by atoms with Gasteiger partial charge in [0.1, 0.15) is 6.04 Å². The number of benzene rings is 3. The van der Waals surface area contributed by atoms with E-state index in [0.717, 1.165) is 21.9 Å². The van der Waals surface area contributed by atoms with Crippen LogP contribution in [0.4, 0.5) is 0 Å². The second-order valence-corrected chi connectivity index (χ2v) is 12.5. The number of aliphatic hydroxyl groups excluding tert-OH is 1. The highest BCUT2D eigenvalue weighted by Gasteiger charge is 2.33. The van der Waals surface area contributed by atoms with E-state index in [-0.39, 0.29) is 31.1 Å². The summed E-state index contributed by atoms with van der Waals surface area (Å²) in [6.07, 6.45) is 2.79. The van der Waals surface area contributed by atoms with Crippen molar-refractivity contribution in [3.63, 3.8) is 0 Å². The molecule has 3 aromatic carbocycles. The molecule has 0 radical (unpaired) electrons. The minimum atomic E-state index is -1.48. The van der Waals surface area contributed by atoms with Crippen LogP contribution in [0, 0.1) is 11.8 Å². The first-order valence-corrected chi connectivity index (χ1v) is 16.4. The number of amides is 4. The van der Waals surface area contributed by atoms with Gasteiger partial charge in [0.15, 0.2) is 6.10 Å².